The minimum atomic E-state index is -1.86. The first-order valence-electron chi connectivity index (χ1n) is 10.5. The lowest BCUT2D eigenvalue weighted by Crippen LogP contribution is -2.42. The molecule has 1 atom stereocenters. The normalized spacial score (nSPS) is 17.6. The molecular weight excluding hydrogens is 454 g/mol. The summed E-state index contributed by atoms with van der Waals surface area (Å²) >= 11 is 3.42. The van der Waals surface area contributed by atoms with Gasteiger partial charge in [-0.05, 0) is 35.7 Å². The topological polar surface area (TPSA) is 57.6 Å². The summed E-state index contributed by atoms with van der Waals surface area (Å²) in [5.74, 6) is -0.693. The first-order chi connectivity index (χ1) is 14.9. The van der Waals surface area contributed by atoms with Gasteiger partial charge in [0.05, 0.1) is 12.1 Å². The van der Waals surface area contributed by atoms with Crippen molar-refractivity contribution in [3.05, 3.63) is 88.4 Å². The number of hydrogen-bond acceptors (Lipinski definition) is 3. The number of ketones is 1. The number of fused-ring (bicyclic) bond motifs is 1. The Hall–Kier alpha value is -2.76. The summed E-state index contributed by atoms with van der Waals surface area (Å²) in [6.07, 6.45) is 1.47. The Bertz CT molecular complexity index is 1110. The van der Waals surface area contributed by atoms with E-state index in [1.807, 2.05) is 54.6 Å². The van der Waals surface area contributed by atoms with Crippen LogP contribution in [0.15, 0.2) is 77.3 Å². The number of carbonyl (C=O) groups excluding carboxylic acids is 2. The summed E-state index contributed by atoms with van der Waals surface area (Å²) in [6.45, 7) is 2.57. The molecule has 4 nitrogen and oxygen atoms in total. The fraction of sp³-hybridized carbons (Fsp3) is 0.231. The molecule has 0 aliphatic carbocycles. The average Bonchev–Trinajstić information content (AvgIpc) is 2.99. The summed E-state index contributed by atoms with van der Waals surface area (Å²) in [4.78, 5) is 27.9. The molecule has 1 aliphatic heterocycles. The monoisotopic (exact) mass is 477 g/mol. The molecule has 1 N–H and O–H groups in total. The minimum Gasteiger partial charge on any atom is -0.375 e. The summed E-state index contributed by atoms with van der Waals surface area (Å²) < 4.78 is 0.759. The number of nitrogens with zero attached hydrogens (tertiary/aromatic N) is 1. The van der Waals surface area contributed by atoms with Gasteiger partial charge in [-0.2, -0.15) is 0 Å². The predicted octanol–water partition coefficient (Wildman–Crippen LogP) is 5.72. The molecule has 31 heavy (non-hydrogen) atoms. The summed E-state index contributed by atoms with van der Waals surface area (Å²) in [7, 11) is 0. The van der Waals surface area contributed by atoms with E-state index in [1.54, 1.807) is 23.1 Å². The molecule has 1 aliphatic rings. The molecule has 1 amide bonds. The van der Waals surface area contributed by atoms with Crippen LogP contribution in [0.3, 0.4) is 0 Å². The Kier molecular flexibility index (Phi) is 6.08. The van der Waals surface area contributed by atoms with Crippen molar-refractivity contribution in [2.24, 2.45) is 0 Å². The maximum atomic E-state index is 13.2. The maximum Gasteiger partial charge on any atom is 0.264 e. The summed E-state index contributed by atoms with van der Waals surface area (Å²) in [5.41, 5.74) is 1.85. The molecule has 3 aromatic rings. The molecule has 3 aromatic carbocycles. The minimum absolute atomic E-state index is 0.265. The second-order valence-corrected chi connectivity index (χ2v) is 8.79. The van der Waals surface area contributed by atoms with E-state index >= 15 is 0 Å². The van der Waals surface area contributed by atoms with Crippen LogP contribution in [-0.2, 0) is 10.4 Å². The van der Waals surface area contributed by atoms with Crippen molar-refractivity contribution < 1.29 is 14.7 Å². The molecule has 0 fully saturated rings. The second-order valence-electron chi connectivity index (χ2n) is 7.88. The number of aliphatic hydroxyl groups is 1. The van der Waals surface area contributed by atoms with Crippen molar-refractivity contribution in [2.45, 2.75) is 31.8 Å². The number of rotatable bonds is 7. The van der Waals surface area contributed by atoms with Crippen molar-refractivity contribution in [3.8, 4) is 11.1 Å². The fourth-order valence-corrected chi connectivity index (χ4v) is 4.41. The number of Topliss-reactive ketones (excluding diaryl/α,β-unsaturated/α-hetero) is 1. The maximum absolute atomic E-state index is 13.2. The van der Waals surface area contributed by atoms with Crippen LogP contribution >= 0.6 is 15.9 Å². The Morgan fingerprint density at radius 2 is 1.68 bits per heavy atom. The summed E-state index contributed by atoms with van der Waals surface area (Å²) in [5, 5.41) is 11.4. The number of carbonyl (C=O) groups is 2. The Balaban J connectivity index is 1.61. The van der Waals surface area contributed by atoms with E-state index in [9.17, 15) is 14.7 Å². The number of unbranched alkanes of at least 4 members (excludes halogenated alkanes) is 1. The van der Waals surface area contributed by atoms with Crippen LogP contribution in [0.5, 0.6) is 0 Å². The molecule has 4 rings (SSSR count). The highest BCUT2D eigenvalue weighted by molar-refractivity contribution is 9.10. The molecule has 5 heteroatoms. The standard InChI is InChI=1S/C26H24BrNO3/c1-2-3-15-28-23-14-13-21(27)16-22(23)26(31,25(28)30)17-24(29)20-11-9-19(10-12-20)18-7-5-4-6-8-18/h4-14,16,31H,2-3,15,17H2,1H3/t26-/m1/s1. The Morgan fingerprint density at radius 1 is 1.00 bits per heavy atom. The van der Waals surface area contributed by atoms with E-state index in [0.29, 0.717) is 23.4 Å². The van der Waals surface area contributed by atoms with E-state index in [2.05, 4.69) is 22.9 Å². The van der Waals surface area contributed by atoms with E-state index in [4.69, 9.17) is 0 Å². The molecule has 0 saturated heterocycles. The zero-order valence-corrected chi connectivity index (χ0v) is 18.9. The van der Waals surface area contributed by atoms with Crippen LogP contribution in [0.25, 0.3) is 11.1 Å². The molecular formula is C26H24BrNO3. The summed E-state index contributed by atoms with van der Waals surface area (Å²) in [6, 6.07) is 22.6. The van der Waals surface area contributed by atoms with Crippen LogP contribution in [-0.4, -0.2) is 23.3 Å². The first-order valence-corrected chi connectivity index (χ1v) is 11.3. The van der Waals surface area contributed by atoms with Gasteiger partial charge in [0.1, 0.15) is 0 Å². The van der Waals surface area contributed by atoms with Crippen molar-refractivity contribution >= 4 is 33.3 Å². The molecule has 0 spiro atoms. The highest BCUT2D eigenvalue weighted by Gasteiger charge is 2.50. The smallest absolute Gasteiger partial charge is 0.264 e. The van der Waals surface area contributed by atoms with Crippen LogP contribution in [0.1, 0.15) is 42.1 Å². The molecule has 0 saturated carbocycles. The molecule has 1 heterocycles. The third-order valence-electron chi connectivity index (χ3n) is 5.76. The van der Waals surface area contributed by atoms with Gasteiger partial charge in [-0.25, -0.2) is 0 Å². The number of hydrogen-bond donors (Lipinski definition) is 1. The Labute approximate surface area is 190 Å². The molecule has 158 valence electrons. The van der Waals surface area contributed by atoms with Gasteiger partial charge >= 0.3 is 0 Å². The zero-order valence-electron chi connectivity index (χ0n) is 17.3. The molecule has 0 bridgehead atoms. The van der Waals surface area contributed by atoms with Gasteiger partial charge < -0.3 is 10.0 Å². The Morgan fingerprint density at radius 3 is 2.35 bits per heavy atom. The highest BCUT2D eigenvalue weighted by atomic mass is 79.9. The third kappa shape index (κ3) is 4.08. The number of anilines is 1. The number of amides is 1. The van der Waals surface area contributed by atoms with Gasteiger partial charge in [0.2, 0.25) is 0 Å². The van der Waals surface area contributed by atoms with Gasteiger partial charge in [0.25, 0.3) is 5.91 Å². The number of halogens is 1. The van der Waals surface area contributed by atoms with Crippen LogP contribution < -0.4 is 4.90 Å². The largest absolute Gasteiger partial charge is 0.375 e. The molecule has 0 radical (unpaired) electrons. The first kappa shape index (κ1) is 21.5. The lowest BCUT2D eigenvalue weighted by molar-refractivity contribution is -0.135. The zero-order chi connectivity index (χ0) is 22.0. The van der Waals surface area contributed by atoms with Gasteiger partial charge in [-0.15, -0.1) is 0 Å². The lowest BCUT2D eigenvalue weighted by Gasteiger charge is -2.22. The predicted molar refractivity (Wildman–Crippen MR) is 126 cm³/mol. The second kappa shape index (κ2) is 8.77. The van der Waals surface area contributed by atoms with E-state index in [1.165, 1.54) is 0 Å². The lowest BCUT2D eigenvalue weighted by atomic mass is 9.88. The van der Waals surface area contributed by atoms with Crippen LogP contribution in [0, 0.1) is 0 Å². The average molecular weight is 478 g/mol. The van der Waals surface area contributed by atoms with E-state index in [0.717, 1.165) is 28.4 Å². The molecule has 0 unspecified atom stereocenters. The van der Waals surface area contributed by atoms with Crippen LogP contribution in [0.2, 0.25) is 0 Å². The van der Waals surface area contributed by atoms with Crippen molar-refractivity contribution in [1.29, 1.82) is 0 Å². The van der Waals surface area contributed by atoms with Gasteiger partial charge in [-0.1, -0.05) is 83.9 Å². The van der Waals surface area contributed by atoms with Crippen molar-refractivity contribution in [1.82, 2.24) is 0 Å². The van der Waals surface area contributed by atoms with Crippen molar-refractivity contribution in [2.75, 3.05) is 11.4 Å². The molecule has 0 aromatic heterocycles. The van der Waals surface area contributed by atoms with Crippen molar-refractivity contribution in [3.63, 3.8) is 0 Å². The quantitative estimate of drug-likeness (QED) is 0.442. The van der Waals surface area contributed by atoms with E-state index < -0.39 is 11.5 Å². The van der Waals surface area contributed by atoms with Crippen LogP contribution in [0.4, 0.5) is 5.69 Å². The van der Waals surface area contributed by atoms with E-state index in [-0.39, 0.29) is 12.2 Å². The fourth-order valence-electron chi connectivity index (χ4n) is 4.05. The van der Waals surface area contributed by atoms with Gasteiger partial charge in [0.15, 0.2) is 11.4 Å². The van der Waals surface area contributed by atoms with Gasteiger partial charge in [-0.3, -0.25) is 9.59 Å². The SMILES string of the molecule is CCCCN1C(=O)[C@@](O)(CC(=O)c2ccc(-c3ccccc3)cc2)c2cc(Br)ccc21. The van der Waals surface area contributed by atoms with Gasteiger partial charge in [0, 0.05) is 22.1 Å². The number of benzene rings is 3. The third-order valence-corrected chi connectivity index (χ3v) is 6.25. The highest BCUT2D eigenvalue weighted by Crippen LogP contribution is 2.44.